The van der Waals surface area contributed by atoms with Gasteiger partial charge in [-0.1, -0.05) is 32.4 Å². The first-order chi connectivity index (χ1) is 14.6. The zero-order chi connectivity index (χ0) is 22.6. The minimum absolute atomic E-state index is 0.138. The molecule has 2 aromatic carbocycles. The Morgan fingerprint density at radius 2 is 1.94 bits per heavy atom. The van der Waals surface area contributed by atoms with E-state index in [0.29, 0.717) is 53.0 Å². The quantitative estimate of drug-likeness (QED) is 0.542. The van der Waals surface area contributed by atoms with Crippen LogP contribution in [0.4, 0.5) is 4.79 Å². The molecular weight excluding hydrogens is 422 g/mol. The van der Waals surface area contributed by atoms with Crippen LogP contribution < -0.4 is 14.8 Å². The highest BCUT2D eigenvalue weighted by Crippen LogP contribution is 2.42. The maximum Gasteiger partial charge on any atom is 0.506 e. The van der Waals surface area contributed by atoms with E-state index in [9.17, 15) is 9.59 Å². The molecule has 0 fully saturated rings. The number of ether oxygens (including phenoxy) is 3. The third-order valence-corrected chi connectivity index (χ3v) is 5.09. The van der Waals surface area contributed by atoms with Crippen LogP contribution in [0.2, 0.25) is 5.02 Å². The van der Waals surface area contributed by atoms with Gasteiger partial charge in [-0.3, -0.25) is 4.79 Å². The molecule has 2 aromatic rings. The molecule has 1 aliphatic rings. The highest BCUT2D eigenvalue weighted by atomic mass is 35.5. The fourth-order valence-electron chi connectivity index (χ4n) is 3.13. The molecule has 1 atom stereocenters. The van der Waals surface area contributed by atoms with Gasteiger partial charge in [-0.2, -0.15) is 0 Å². The Bertz CT molecular complexity index is 952. The van der Waals surface area contributed by atoms with Crippen LogP contribution in [0.25, 0.3) is 0 Å². The Hall–Kier alpha value is -2.93. The minimum Gasteiger partial charge on any atom is -0.493 e. The van der Waals surface area contributed by atoms with Gasteiger partial charge in [0.2, 0.25) is 0 Å². The average molecular weight is 448 g/mol. The first-order valence-electron chi connectivity index (χ1n) is 10.0. The van der Waals surface area contributed by atoms with E-state index in [1.165, 1.54) is 0 Å². The van der Waals surface area contributed by atoms with Crippen molar-refractivity contribution in [3.8, 4) is 17.2 Å². The van der Waals surface area contributed by atoms with Crippen molar-refractivity contribution in [2.75, 3.05) is 13.2 Å². The molecule has 8 heteroatoms. The van der Waals surface area contributed by atoms with Crippen LogP contribution in [0.1, 0.15) is 55.6 Å². The molecule has 1 amide bonds. The highest BCUT2D eigenvalue weighted by Gasteiger charge is 2.27. The van der Waals surface area contributed by atoms with Crippen LogP contribution in [-0.4, -0.2) is 30.3 Å². The molecule has 0 saturated heterocycles. The minimum atomic E-state index is -1.35. The standard InChI is InChI=1S/C23H26ClNO6/c1-23(2,3)9-10-25-21(26)14-4-6-15(7-5-14)30-20-13-19-16(12-17(20)24)18(8-11-29-19)31-22(27)28/h4-7,12-13,18H,8-11H2,1-3H3,(H,25,26)(H,27,28). The van der Waals surface area contributed by atoms with Crippen molar-refractivity contribution in [2.24, 2.45) is 5.41 Å². The number of amides is 1. The highest BCUT2D eigenvalue weighted by molar-refractivity contribution is 6.32. The van der Waals surface area contributed by atoms with Gasteiger partial charge >= 0.3 is 6.16 Å². The number of benzene rings is 2. The number of hydrogen-bond donors (Lipinski definition) is 2. The van der Waals surface area contributed by atoms with Gasteiger partial charge in [0.25, 0.3) is 5.91 Å². The van der Waals surface area contributed by atoms with E-state index in [2.05, 4.69) is 26.1 Å². The summed E-state index contributed by atoms with van der Waals surface area (Å²) in [5.74, 6) is 1.19. The molecule has 0 bridgehead atoms. The molecular formula is C23H26ClNO6. The Labute approximate surface area is 186 Å². The number of rotatable bonds is 6. The first kappa shape index (κ1) is 22.7. The third-order valence-electron chi connectivity index (χ3n) is 4.80. The van der Waals surface area contributed by atoms with E-state index < -0.39 is 12.3 Å². The third kappa shape index (κ3) is 6.28. The molecule has 0 aromatic heterocycles. The Kier molecular flexibility index (Phi) is 6.95. The summed E-state index contributed by atoms with van der Waals surface area (Å²) in [6, 6.07) is 9.94. The van der Waals surface area contributed by atoms with Crippen molar-refractivity contribution in [2.45, 2.75) is 39.7 Å². The van der Waals surface area contributed by atoms with Gasteiger partial charge in [-0.05, 0) is 42.2 Å². The van der Waals surface area contributed by atoms with Gasteiger partial charge < -0.3 is 24.6 Å². The molecule has 0 saturated carbocycles. The van der Waals surface area contributed by atoms with Crippen LogP contribution in [-0.2, 0) is 4.74 Å². The van der Waals surface area contributed by atoms with E-state index in [4.69, 9.17) is 30.9 Å². The molecule has 2 N–H and O–H groups in total. The van der Waals surface area contributed by atoms with Crippen molar-refractivity contribution < 1.29 is 28.9 Å². The molecule has 0 radical (unpaired) electrons. The van der Waals surface area contributed by atoms with E-state index in [0.717, 1.165) is 6.42 Å². The Morgan fingerprint density at radius 3 is 2.58 bits per heavy atom. The van der Waals surface area contributed by atoms with Crippen molar-refractivity contribution in [3.63, 3.8) is 0 Å². The van der Waals surface area contributed by atoms with Crippen molar-refractivity contribution in [3.05, 3.63) is 52.5 Å². The Morgan fingerprint density at radius 1 is 1.23 bits per heavy atom. The second-order valence-electron chi connectivity index (χ2n) is 8.52. The summed E-state index contributed by atoms with van der Waals surface area (Å²) >= 11 is 6.34. The van der Waals surface area contributed by atoms with E-state index in [1.807, 2.05) is 0 Å². The van der Waals surface area contributed by atoms with Crippen molar-refractivity contribution >= 4 is 23.7 Å². The van der Waals surface area contributed by atoms with Crippen LogP contribution in [0, 0.1) is 5.41 Å². The molecule has 166 valence electrons. The summed E-state index contributed by atoms with van der Waals surface area (Å²) in [6.45, 7) is 7.31. The van der Waals surface area contributed by atoms with Crippen molar-refractivity contribution in [1.82, 2.24) is 5.32 Å². The second-order valence-corrected chi connectivity index (χ2v) is 8.93. The monoisotopic (exact) mass is 447 g/mol. The zero-order valence-corrected chi connectivity index (χ0v) is 18.5. The number of halogens is 1. The first-order valence-corrected chi connectivity index (χ1v) is 10.4. The largest absolute Gasteiger partial charge is 0.506 e. The van der Waals surface area contributed by atoms with Gasteiger partial charge in [0.15, 0.2) is 0 Å². The smallest absolute Gasteiger partial charge is 0.493 e. The number of carbonyl (C=O) groups excluding carboxylic acids is 1. The summed E-state index contributed by atoms with van der Waals surface area (Å²) in [5.41, 5.74) is 1.26. The van der Waals surface area contributed by atoms with Crippen LogP contribution >= 0.6 is 11.6 Å². The van der Waals surface area contributed by atoms with Crippen LogP contribution in [0.5, 0.6) is 17.2 Å². The second kappa shape index (κ2) is 9.47. The maximum atomic E-state index is 12.3. The number of carbonyl (C=O) groups is 2. The molecule has 7 nitrogen and oxygen atoms in total. The average Bonchev–Trinajstić information content (AvgIpc) is 2.68. The predicted octanol–water partition coefficient (Wildman–Crippen LogP) is 5.82. The number of carboxylic acid groups (broad SMARTS) is 1. The normalized spacial score (nSPS) is 15.4. The number of fused-ring (bicyclic) bond motifs is 1. The topological polar surface area (TPSA) is 94.1 Å². The summed E-state index contributed by atoms with van der Waals surface area (Å²) in [6.07, 6.45) is -0.688. The van der Waals surface area contributed by atoms with Gasteiger partial charge in [-0.15, -0.1) is 0 Å². The Balaban J connectivity index is 1.67. The van der Waals surface area contributed by atoms with E-state index in [1.54, 1.807) is 36.4 Å². The van der Waals surface area contributed by atoms with Gasteiger partial charge in [0, 0.05) is 30.2 Å². The summed E-state index contributed by atoms with van der Waals surface area (Å²) in [7, 11) is 0. The molecule has 0 spiro atoms. The lowest BCUT2D eigenvalue weighted by Gasteiger charge is -2.25. The molecule has 31 heavy (non-hydrogen) atoms. The van der Waals surface area contributed by atoms with Crippen LogP contribution in [0.3, 0.4) is 0 Å². The predicted molar refractivity (Wildman–Crippen MR) is 116 cm³/mol. The fourth-order valence-corrected chi connectivity index (χ4v) is 3.35. The van der Waals surface area contributed by atoms with Gasteiger partial charge in [0.1, 0.15) is 23.4 Å². The van der Waals surface area contributed by atoms with Crippen molar-refractivity contribution in [1.29, 1.82) is 0 Å². The fraction of sp³-hybridized carbons (Fsp3) is 0.391. The van der Waals surface area contributed by atoms with E-state index >= 15 is 0 Å². The van der Waals surface area contributed by atoms with Gasteiger partial charge in [0.05, 0.1) is 11.6 Å². The lowest BCUT2D eigenvalue weighted by atomic mass is 9.92. The summed E-state index contributed by atoms with van der Waals surface area (Å²) < 4.78 is 16.4. The number of nitrogens with one attached hydrogen (secondary N) is 1. The summed E-state index contributed by atoms with van der Waals surface area (Å²) in [4.78, 5) is 23.2. The molecule has 0 aliphatic carbocycles. The summed E-state index contributed by atoms with van der Waals surface area (Å²) in [5, 5.41) is 12.1. The molecule has 1 unspecified atom stereocenters. The maximum absolute atomic E-state index is 12.3. The van der Waals surface area contributed by atoms with Crippen LogP contribution in [0.15, 0.2) is 36.4 Å². The SMILES string of the molecule is CC(C)(C)CCNC(=O)c1ccc(Oc2cc3c(cc2Cl)C(OC(=O)O)CCO3)cc1. The van der Waals surface area contributed by atoms with E-state index in [-0.39, 0.29) is 11.3 Å². The molecule has 1 heterocycles. The lowest BCUT2D eigenvalue weighted by Crippen LogP contribution is -2.27. The zero-order valence-electron chi connectivity index (χ0n) is 17.7. The van der Waals surface area contributed by atoms with Gasteiger partial charge in [-0.25, -0.2) is 4.79 Å². The molecule has 1 aliphatic heterocycles. The number of hydrogen-bond acceptors (Lipinski definition) is 5. The molecule has 3 rings (SSSR count). The lowest BCUT2D eigenvalue weighted by molar-refractivity contribution is 0.0326.